The predicted octanol–water partition coefficient (Wildman–Crippen LogP) is 3.69. The minimum absolute atomic E-state index is 0.312. The molecular weight excluding hydrogens is 337 g/mol. The van der Waals surface area contributed by atoms with Gasteiger partial charge in [-0.15, -0.1) is 0 Å². The van der Waals surface area contributed by atoms with Crippen LogP contribution in [0.2, 0.25) is 0 Å². The molecule has 1 aromatic heterocycles. The van der Waals surface area contributed by atoms with Crippen molar-refractivity contribution >= 4 is 15.9 Å². The summed E-state index contributed by atoms with van der Waals surface area (Å²) in [6.45, 7) is 0. The van der Waals surface area contributed by atoms with Gasteiger partial charge in [0.1, 0.15) is 11.9 Å². The first-order valence-electron chi connectivity index (χ1n) is 6.24. The lowest BCUT2D eigenvalue weighted by Crippen LogP contribution is -2.11. The van der Waals surface area contributed by atoms with Crippen molar-refractivity contribution in [3.05, 3.63) is 70.3 Å². The minimum Gasteiger partial charge on any atom is -0.337 e. The van der Waals surface area contributed by atoms with Gasteiger partial charge in [-0.3, -0.25) is 0 Å². The van der Waals surface area contributed by atoms with E-state index in [0.717, 1.165) is 5.56 Å². The fraction of sp³-hybridized carbons (Fsp3) is 0.0667. The molecule has 106 valence electrons. The summed E-state index contributed by atoms with van der Waals surface area (Å²) in [6.07, 6.45) is 0. The van der Waals surface area contributed by atoms with Crippen LogP contribution < -0.4 is 5.73 Å². The van der Waals surface area contributed by atoms with Crippen LogP contribution in [0.3, 0.4) is 0 Å². The molecule has 4 nitrogen and oxygen atoms in total. The number of hydrogen-bond acceptors (Lipinski definition) is 4. The largest absolute Gasteiger partial charge is 0.337 e. The maximum absolute atomic E-state index is 13.1. The van der Waals surface area contributed by atoms with Crippen molar-refractivity contribution in [2.75, 3.05) is 0 Å². The van der Waals surface area contributed by atoms with Crippen LogP contribution in [0.1, 0.15) is 17.5 Å². The average Bonchev–Trinajstić information content (AvgIpc) is 2.97. The summed E-state index contributed by atoms with van der Waals surface area (Å²) < 4.78 is 18.9. The van der Waals surface area contributed by atoms with Gasteiger partial charge in [0.05, 0.1) is 0 Å². The first-order chi connectivity index (χ1) is 10.1. The molecule has 1 heterocycles. The maximum atomic E-state index is 13.1. The zero-order valence-corrected chi connectivity index (χ0v) is 12.4. The number of nitrogens with two attached hydrogens (primary N) is 1. The van der Waals surface area contributed by atoms with Crippen molar-refractivity contribution in [2.45, 2.75) is 6.04 Å². The second kappa shape index (κ2) is 5.75. The van der Waals surface area contributed by atoms with Gasteiger partial charge in [0, 0.05) is 10.0 Å². The van der Waals surface area contributed by atoms with Gasteiger partial charge >= 0.3 is 0 Å². The Morgan fingerprint density at radius 1 is 1.14 bits per heavy atom. The molecule has 0 spiro atoms. The fourth-order valence-electron chi connectivity index (χ4n) is 1.94. The number of aromatic nitrogens is 2. The van der Waals surface area contributed by atoms with Crippen molar-refractivity contribution in [2.24, 2.45) is 5.73 Å². The van der Waals surface area contributed by atoms with Crippen LogP contribution in [-0.2, 0) is 0 Å². The van der Waals surface area contributed by atoms with Crippen LogP contribution in [0.4, 0.5) is 4.39 Å². The maximum Gasteiger partial charge on any atom is 0.248 e. The van der Waals surface area contributed by atoms with Gasteiger partial charge in [0.25, 0.3) is 0 Å². The van der Waals surface area contributed by atoms with E-state index < -0.39 is 6.04 Å². The normalized spacial score (nSPS) is 12.3. The van der Waals surface area contributed by atoms with Gasteiger partial charge in [-0.25, -0.2) is 4.39 Å². The zero-order chi connectivity index (χ0) is 14.8. The van der Waals surface area contributed by atoms with E-state index in [1.54, 1.807) is 6.07 Å². The number of benzene rings is 2. The summed E-state index contributed by atoms with van der Waals surface area (Å²) >= 11 is 3.28. The van der Waals surface area contributed by atoms with Crippen molar-refractivity contribution < 1.29 is 8.91 Å². The monoisotopic (exact) mass is 347 g/mol. The standard InChI is InChI=1S/C15H11BrFN3O/c16-12-8-10(17)6-7-11(12)14-19-15(21-20-14)13(18)9-4-2-1-3-5-9/h1-8,13H,18H2. The Morgan fingerprint density at radius 3 is 2.62 bits per heavy atom. The molecule has 0 aliphatic rings. The summed E-state index contributed by atoms with van der Waals surface area (Å²) in [5.41, 5.74) is 7.63. The third kappa shape index (κ3) is 2.86. The van der Waals surface area contributed by atoms with Crippen LogP contribution in [0, 0.1) is 5.82 Å². The van der Waals surface area contributed by atoms with E-state index in [-0.39, 0.29) is 5.82 Å². The van der Waals surface area contributed by atoms with Crippen molar-refractivity contribution in [3.8, 4) is 11.4 Å². The van der Waals surface area contributed by atoms with Crippen molar-refractivity contribution in [1.29, 1.82) is 0 Å². The number of halogens is 2. The molecule has 21 heavy (non-hydrogen) atoms. The first-order valence-corrected chi connectivity index (χ1v) is 7.04. The molecule has 3 aromatic rings. The summed E-state index contributed by atoms with van der Waals surface area (Å²) in [6, 6.07) is 13.3. The molecule has 0 amide bonds. The van der Waals surface area contributed by atoms with Crippen LogP contribution in [0.15, 0.2) is 57.5 Å². The van der Waals surface area contributed by atoms with E-state index in [0.29, 0.717) is 21.8 Å². The van der Waals surface area contributed by atoms with E-state index >= 15 is 0 Å². The Bertz CT molecular complexity index is 761. The second-order valence-electron chi connectivity index (χ2n) is 4.47. The molecule has 0 aliphatic carbocycles. The molecule has 1 unspecified atom stereocenters. The quantitative estimate of drug-likeness (QED) is 0.784. The number of nitrogens with zero attached hydrogens (tertiary/aromatic N) is 2. The Morgan fingerprint density at radius 2 is 1.90 bits per heavy atom. The van der Waals surface area contributed by atoms with Gasteiger partial charge in [0.15, 0.2) is 0 Å². The Balaban J connectivity index is 1.93. The predicted molar refractivity (Wildman–Crippen MR) is 79.9 cm³/mol. The van der Waals surface area contributed by atoms with Crippen LogP contribution in [0.25, 0.3) is 11.4 Å². The van der Waals surface area contributed by atoms with Crippen LogP contribution >= 0.6 is 15.9 Å². The first kappa shape index (κ1) is 13.9. The molecule has 0 aliphatic heterocycles. The molecule has 0 fully saturated rings. The highest BCUT2D eigenvalue weighted by Gasteiger charge is 2.18. The fourth-order valence-corrected chi connectivity index (χ4v) is 2.47. The molecule has 2 aromatic carbocycles. The van der Waals surface area contributed by atoms with Gasteiger partial charge in [-0.1, -0.05) is 35.5 Å². The van der Waals surface area contributed by atoms with Gasteiger partial charge in [0.2, 0.25) is 11.7 Å². The highest BCUT2D eigenvalue weighted by atomic mass is 79.9. The lowest BCUT2D eigenvalue weighted by molar-refractivity contribution is 0.367. The Hall–Kier alpha value is -2.05. The van der Waals surface area contributed by atoms with Gasteiger partial charge in [-0.05, 0) is 39.7 Å². The molecule has 2 N–H and O–H groups in total. The van der Waals surface area contributed by atoms with Crippen molar-refractivity contribution in [1.82, 2.24) is 10.1 Å². The zero-order valence-electron chi connectivity index (χ0n) is 10.8. The molecule has 0 radical (unpaired) electrons. The van der Waals surface area contributed by atoms with E-state index in [1.807, 2.05) is 30.3 Å². The van der Waals surface area contributed by atoms with E-state index in [1.165, 1.54) is 12.1 Å². The average molecular weight is 348 g/mol. The topological polar surface area (TPSA) is 64.9 Å². The van der Waals surface area contributed by atoms with Gasteiger partial charge < -0.3 is 10.3 Å². The molecular formula is C15H11BrFN3O. The van der Waals surface area contributed by atoms with E-state index in [2.05, 4.69) is 26.1 Å². The molecule has 1 atom stereocenters. The number of rotatable bonds is 3. The Kier molecular flexibility index (Phi) is 3.81. The summed E-state index contributed by atoms with van der Waals surface area (Å²) in [5, 5.41) is 3.90. The molecule has 0 saturated heterocycles. The van der Waals surface area contributed by atoms with Crippen molar-refractivity contribution in [3.63, 3.8) is 0 Å². The molecule has 6 heteroatoms. The highest BCUT2D eigenvalue weighted by Crippen LogP contribution is 2.28. The molecule has 3 rings (SSSR count). The highest BCUT2D eigenvalue weighted by molar-refractivity contribution is 9.10. The summed E-state index contributed by atoms with van der Waals surface area (Å²) in [5.74, 6) is 0.339. The lowest BCUT2D eigenvalue weighted by atomic mass is 10.1. The minimum atomic E-state index is -0.494. The van der Waals surface area contributed by atoms with Crippen LogP contribution in [-0.4, -0.2) is 10.1 Å². The third-order valence-electron chi connectivity index (χ3n) is 3.04. The Labute approximate surface area is 128 Å². The van der Waals surface area contributed by atoms with Gasteiger partial charge in [-0.2, -0.15) is 4.98 Å². The number of hydrogen-bond donors (Lipinski definition) is 1. The third-order valence-corrected chi connectivity index (χ3v) is 3.69. The molecule has 0 saturated carbocycles. The van der Waals surface area contributed by atoms with E-state index in [4.69, 9.17) is 10.3 Å². The summed E-state index contributed by atoms with van der Waals surface area (Å²) in [4.78, 5) is 4.29. The summed E-state index contributed by atoms with van der Waals surface area (Å²) in [7, 11) is 0. The van der Waals surface area contributed by atoms with Crippen LogP contribution in [0.5, 0.6) is 0 Å². The second-order valence-corrected chi connectivity index (χ2v) is 5.32. The molecule has 0 bridgehead atoms. The SMILES string of the molecule is NC(c1ccccc1)c1nc(-c2ccc(F)cc2Br)no1. The smallest absolute Gasteiger partial charge is 0.248 e. The van der Waals surface area contributed by atoms with E-state index in [9.17, 15) is 4.39 Å². The lowest BCUT2D eigenvalue weighted by Gasteiger charge is -2.05.